The molecule has 5 rings (SSSR count). The highest BCUT2D eigenvalue weighted by Gasteiger charge is 2.32. The molecule has 1 saturated heterocycles. The number of carbonyl (C=O) groups is 1. The molecule has 2 aromatic heterocycles. The number of nitrogens with zero attached hydrogens (tertiary/aromatic N) is 4. The number of hydrogen-bond donors (Lipinski definition) is 0. The van der Waals surface area contributed by atoms with E-state index in [0.717, 1.165) is 36.1 Å². The summed E-state index contributed by atoms with van der Waals surface area (Å²) >= 11 is 0. The standard InChI is InChI=1S/C24H21F3N4O2/c1-15-19(14-28-31(15)18-6-4-5-17(13-18)24(25,26)27)23(32)30-11-9-16(10-12-30)22-29-20-7-2-3-8-21(20)33-22/h2-8,13-14,16H,9-12H2,1H3. The number of alkyl halides is 3. The van der Waals surface area contributed by atoms with Crippen LogP contribution in [0.5, 0.6) is 0 Å². The fraction of sp³-hybridized carbons (Fsp3) is 0.292. The first-order chi connectivity index (χ1) is 15.8. The number of benzene rings is 2. The maximum atomic E-state index is 13.1. The Morgan fingerprint density at radius 2 is 1.85 bits per heavy atom. The SMILES string of the molecule is Cc1c(C(=O)N2CCC(c3nc4ccccc4o3)CC2)cnn1-c1cccc(C(F)(F)F)c1. The summed E-state index contributed by atoms with van der Waals surface area (Å²) in [6.45, 7) is 2.76. The van der Waals surface area contributed by atoms with Gasteiger partial charge in [-0.2, -0.15) is 18.3 Å². The molecule has 1 aliphatic heterocycles. The molecule has 0 aliphatic carbocycles. The first kappa shape index (κ1) is 21.2. The van der Waals surface area contributed by atoms with Gasteiger partial charge in [0.1, 0.15) is 5.52 Å². The Labute approximate surface area is 187 Å². The molecule has 33 heavy (non-hydrogen) atoms. The average molecular weight is 454 g/mol. The minimum atomic E-state index is -4.45. The number of amides is 1. The van der Waals surface area contributed by atoms with Crippen LogP contribution in [0.2, 0.25) is 0 Å². The summed E-state index contributed by atoms with van der Waals surface area (Å²) in [5.74, 6) is 0.647. The van der Waals surface area contributed by atoms with E-state index in [1.54, 1.807) is 11.8 Å². The van der Waals surface area contributed by atoms with Crippen molar-refractivity contribution in [1.82, 2.24) is 19.7 Å². The van der Waals surface area contributed by atoms with Gasteiger partial charge in [-0.3, -0.25) is 4.79 Å². The molecule has 1 amide bonds. The van der Waals surface area contributed by atoms with Crippen molar-refractivity contribution in [3.63, 3.8) is 0 Å². The maximum Gasteiger partial charge on any atom is 0.416 e. The third-order valence-corrected chi connectivity index (χ3v) is 6.10. The first-order valence-electron chi connectivity index (χ1n) is 10.7. The summed E-state index contributed by atoms with van der Waals surface area (Å²) in [6.07, 6.45) is -1.58. The van der Waals surface area contributed by atoms with Crippen molar-refractivity contribution >= 4 is 17.0 Å². The number of halogens is 3. The third-order valence-electron chi connectivity index (χ3n) is 6.10. The maximum absolute atomic E-state index is 13.1. The van der Waals surface area contributed by atoms with Gasteiger partial charge < -0.3 is 9.32 Å². The van der Waals surface area contributed by atoms with E-state index in [2.05, 4.69) is 10.1 Å². The van der Waals surface area contributed by atoms with Crippen LogP contribution in [0.15, 0.2) is 59.1 Å². The smallest absolute Gasteiger partial charge is 0.416 e. The molecule has 0 spiro atoms. The van der Waals surface area contributed by atoms with E-state index in [9.17, 15) is 18.0 Å². The number of oxazole rings is 1. The second-order valence-corrected chi connectivity index (χ2v) is 8.19. The van der Waals surface area contributed by atoms with Crippen molar-refractivity contribution in [1.29, 1.82) is 0 Å². The molecule has 3 heterocycles. The molecule has 6 nitrogen and oxygen atoms in total. The van der Waals surface area contributed by atoms with E-state index in [1.165, 1.54) is 23.0 Å². The van der Waals surface area contributed by atoms with Crippen LogP contribution >= 0.6 is 0 Å². The number of rotatable bonds is 3. The van der Waals surface area contributed by atoms with Gasteiger partial charge in [0.25, 0.3) is 5.91 Å². The fourth-order valence-electron chi connectivity index (χ4n) is 4.26. The van der Waals surface area contributed by atoms with Gasteiger partial charge in [-0.05, 0) is 50.1 Å². The molecular formula is C24H21F3N4O2. The summed E-state index contributed by atoms with van der Waals surface area (Å²) < 4.78 is 46.5. The van der Waals surface area contributed by atoms with E-state index in [0.29, 0.717) is 30.2 Å². The van der Waals surface area contributed by atoms with Gasteiger partial charge in [-0.25, -0.2) is 9.67 Å². The molecule has 1 aliphatic rings. The molecule has 0 unspecified atom stereocenters. The van der Waals surface area contributed by atoms with Gasteiger partial charge in [-0.1, -0.05) is 18.2 Å². The van der Waals surface area contributed by atoms with Crippen molar-refractivity contribution in [2.24, 2.45) is 0 Å². The molecule has 9 heteroatoms. The summed E-state index contributed by atoms with van der Waals surface area (Å²) in [4.78, 5) is 19.5. The monoisotopic (exact) mass is 454 g/mol. The normalized spacial score (nSPS) is 15.3. The fourth-order valence-corrected chi connectivity index (χ4v) is 4.26. The van der Waals surface area contributed by atoms with E-state index in [4.69, 9.17) is 4.42 Å². The Bertz CT molecular complexity index is 1280. The van der Waals surface area contributed by atoms with Crippen LogP contribution in [0.25, 0.3) is 16.8 Å². The van der Waals surface area contributed by atoms with Crippen molar-refractivity contribution in [3.8, 4) is 5.69 Å². The quantitative estimate of drug-likeness (QED) is 0.418. The number of piperidine rings is 1. The average Bonchev–Trinajstić information content (AvgIpc) is 3.42. The lowest BCUT2D eigenvalue weighted by molar-refractivity contribution is -0.137. The van der Waals surface area contributed by atoms with Crippen LogP contribution < -0.4 is 0 Å². The van der Waals surface area contributed by atoms with Gasteiger partial charge in [0.15, 0.2) is 11.5 Å². The summed E-state index contributed by atoms with van der Waals surface area (Å²) in [5.41, 5.74) is 1.96. The number of likely N-dealkylation sites (tertiary alicyclic amines) is 1. The lowest BCUT2D eigenvalue weighted by atomic mass is 9.96. The predicted octanol–water partition coefficient (Wildman–Crippen LogP) is 5.36. The van der Waals surface area contributed by atoms with Crippen LogP contribution in [0.1, 0.15) is 46.3 Å². The van der Waals surface area contributed by atoms with Crippen LogP contribution in [-0.4, -0.2) is 38.7 Å². The van der Waals surface area contributed by atoms with Crippen molar-refractivity contribution < 1.29 is 22.4 Å². The zero-order valence-electron chi connectivity index (χ0n) is 17.8. The van der Waals surface area contributed by atoms with Crippen molar-refractivity contribution in [2.75, 3.05) is 13.1 Å². The largest absolute Gasteiger partial charge is 0.440 e. The van der Waals surface area contributed by atoms with E-state index in [1.807, 2.05) is 24.3 Å². The molecule has 4 aromatic rings. The van der Waals surface area contributed by atoms with E-state index in [-0.39, 0.29) is 17.5 Å². The Hall–Kier alpha value is -3.62. The first-order valence-corrected chi connectivity index (χ1v) is 10.7. The van der Waals surface area contributed by atoms with Gasteiger partial charge in [-0.15, -0.1) is 0 Å². The Kier molecular flexibility index (Phi) is 5.19. The lowest BCUT2D eigenvalue weighted by Gasteiger charge is -2.30. The topological polar surface area (TPSA) is 64.2 Å². The van der Waals surface area contributed by atoms with Crippen LogP contribution in [0.4, 0.5) is 13.2 Å². The van der Waals surface area contributed by atoms with Crippen LogP contribution in [0, 0.1) is 6.92 Å². The predicted molar refractivity (Wildman–Crippen MR) is 115 cm³/mol. The van der Waals surface area contributed by atoms with E-state index >= 15 is 0 Å². The molecule has 1 fully saturated rings. The molecule has 0 N–H and O–H groups in total. The summed E-state index contributed by atoms with van der Waals surface area (Å²) in [7, 11) is 0. The molecule has 170 valence electrons. The molecular weight excluding hydrogens is 433 g/mol. The zero-order valence-corrected chi connectivity index (χ0v) is 17.8. The summed E-state index contributed by atoms with van der Waals surface area (Å²) in [5, 5.41) is 4.19. The molecule has 0 atom stereocenters. The Morgan fingerprint density at radius 1 is 1.09 bits per heavy atom. The number of para-hydroxylation sites is 2. The van der Waals surface area contributed by atoms with Gasteiger partial charge in [0.2, 0.25) is 0 Å². The highest BCUT2D eigenvalue weighted by atomic mass is 19.4. The highest BCUT2D eigenvalue weighted by molar-refractivity contribution is 5.95. The second kappa shape index (κ2) is 8.06. The summed E-state index contributed by atoms with van der Waals surface area (Å²) in [6, 6.07) is 12.5. The molecule has 0 bridgehead atoms. The van der Waals surface area contributed by atoms with Crippen molar-refractivity contribution in [2.45, 2.75) is 31.9 Å². The van der Waals surface area contributed by atoms with Crippen molar-refractivity contribution in [3.05, 3.63) is 77.4 Å². The second-order valence-electron chi connectivity index (χ2n) is 8.19. The third kappa shape index (κ3) is 3.99. The van der Waals surface area contributed by atoms with Crippen LogP contribution in [0.3, 0.4) is 0 Å². The zero-order chi connectivity index (χ0) is 23.2. The number of hydrogen-bond acceptors (Lipinski definition) is 4. The number of fused-ring (bicyclic) bond motifs is 1. The highest BCUT2D eigenvalue weighted by Crippen LogP contribution is 2.32. The van der Waals surface area contributed by atoms with Gasteiger partial charge in [0, 0.05) is 19.0 Å². The Balaban J connectivity index is 1.30. The minimum absolute atomic E-state index is 0.135. The van der Waals surface area contributed by atoms with Crippen LogP contribution in [-0.2, 0) is 6.18 Å². The van der Waals surface area contributed by atoms with Gasteiger partial charge in [0.05, 0.1) is 28.7 Å². The lowest BCUT2D eigenvalue weighted by Crippen LogP contribution is -2.38. The molecule has 0 saturated carbocycles. The Morgan fingerprint density at radius 3 is 2.58 bits per heavy atom. The van der Waals surface area contributed by atoms with E-state index < -0.39 is 11.7 Å². The molecule has 0 radical (unpaired) electrons. The number of aromatic nitrogens is 3. The number of carbonyl (C=O) groups excluding carboxylic acids is 1. The minimum Gasteiger partial charge on any atom is -0.440 e. The molecule has 2 aromatic carbocycles. The van der Waals surface area contributed by atoms with Gasteiger partial charge >= 0.3 is 6.18 Å².